The van der Waals surface area contributed by atoms with Gasteiger partial charge in [0.25, 0.3) is 0 Å². The minimum Gasteiger partial charge on any atom is -0.508 e. The van der Waals surface area contributed by atoms with Crippen molar-refractivity contribution in [3.05, 3.63) is 24.3 Å². The summed E-state index contributed by atoms with van der Waals surface area (Å²) in [6.45, 7) is 3.36. The molecule has 128 valence electrons. The van der Waals surface area contributed by atoms with E-state index in [9.17, 15) is 14.7 Å². The number of hydrogen-bond donors (Lipinski definition) is 3. The Morgan fingerprint density at radius 2 is 1.87 bits per heavy atom. The van der Waals surface area contributed by atoms with Crippen molar-refractivity contribution in [2.75, 3.05) is 25.0 Å². The second-order valence-electron chi connectivity index (χ2n) is 5.77. The molecule has 1 aromatic rings. The number of likely N-dealkylation sites (tertiary alicyclic amines) is 1. The number of rotatable bonds is 4. The first-order valence-electron chi connectivity index (χ1n) is 7.60. The summed E-state index contributed by atoms with van der Waals surface area (Å²) in [6.07, 6.45) is 1.32. The smallest absolute Gasteiger partial charge is 0.227 e. The van der Waals surface area contributed by atoms with Crippen LogP contribution in [-0.4, -0.2) is 41.5 Å². The lowest BCUT2D eigenvalue weighted by Gasteiger charge is -2.32. The minimum absolute atomic E-state index is 0. The van der Waals surface area contributed by atoms with Crippen molar-refractivity contribution in [2.24, 2.45) is 17.6 Å². The second-order valence-corrected chi connectivity index (χ2v) is 5.77. The Balaban J connectivity index is 0.00000264. The summed E-state index contributed by atoms with van der Waals surface area (Å²) in [5.41, 5.74) is 6.19. The average Bonchev–Trinajstić information content (AvgIpc) is 2.55. The normalized spacial score (nSPS) is 16.3. The molecule has 1 aliphatic heterocycles. The second kappa shape index (κ2) is 8.74. The SMILES string of the molecule is CC(CN)C(=O)N1CCC(C(=O)Nc2ccc(O)cc2)CC1.Cl. The molecule has 0 bridgehead atoms. The zero-order valence-electron chi connectivity index (χ0n) is 13.2. The van der Waals surface area contributed by atoms with Gasteiger partial charge in [0.1, 0.15) is 5.75 Å². The van der Waals surface area contributed by atoms with Crippen molar-refractivity contribution in [3.63, 3.8) is 0 Å². The molecule has 0 aliphatic carbocycles. The molecule has 0 radical (unpaired) electrons. The van der Waals surface area contributed by atoms with Gasteiger partial charge >= 0.3 is 0 Å². The molecule has 2 amide bonds. The molecule has 2 rings (SSSR count). The number of nitrogens with zero attached hydrogens (tertiary/aromatic N) is 1. The Hall–Kier alpha value is -1.79. The number of benzene rings is 1. The van der Waals surface area contributed by atoms with Crippen molar-refractivity contribution < 1.29 is 14.7 Å². The summed E-state index contributed by atoms with van der Waals surface area (Å²) >= 11 is 0. The van der Waals surface area contributed by atoms with E-state index in [2.05, 4.69) is 5.32 Å². The first-order chi connectivity index (χ1) is 10.5. The molecular formula is C16H24ClN3O3. The van der Waals surface area contributed by atoms with E-state index in [1.165, 1.54) is 12.1 Å². The Morgan fingerprint density at radius 3 is 2.39 bits per heavy atom. The number of phenolic OH excluding ortho intramolecular Hbond substituents is 1. The molecule has 1 aromatic carbocycles. The number of nitrogens with two attached hydrogens (primary N) is 1. The first-order valence-corrected chi connectivity index (χ1v) is 7.60. The van der Waals surface area contributed by atoms with Gasteiger partial charge in [0.15, 0.2) is 0 Å². The van der Waals surface area contributed by atoms with E-state index >= 15 is 0 Å². The molecule has 1 atom stereocenters. The van der Waals surface area contributed by atoms with Crippen LogP contribution in [0.3, 0.4) is 0 Å². The predicted molar refractivity (Wildman–Crippen MR) is 91.5 cm³/mol. The highest BCUT2D eigenvalue weighted by molar-refractivity contribution is 5.92. The number of amides is 2. The third-order valence-corrected chi connectivity index (χ3v) is 4.09. The van der Waals surface area contributed by atoms with E-state index < -0.39 is 0 Å². The zero-order valence-corrected chi connectivity index (χ0v) is 14.0. The molecule has 23 heavy (non-hydrogen) atoms. The van der Waals surface area contributed by atoms with Crippen LogP contribution in [0.2, 0.25) is 0 Å². The summed E-state index contributed by atoms with van der Waals surface area (Å²) in [4.78, 5) is 26.1. The highest BCUT2D eigenvalue weighted by Crippen LogP contribution is 2.21. The molecule has 7 heteroatoms. The number of nitrogens with one attached hydrogen (secondary N) is 1. The van der Waals surface area contributed by atoms with Crippen LogP contribution in [0.1, 0.15) is 19.8 Å². The number of piperidine rings is 1. The number of hydrogen-bond acceptors (Lipinski definition) is 4. The molecule has 6 nitrogen and oxygen atoms in total. The Morgan fingerprint density at radius 1 is 1.30 bits per heavy atom. The van der Waals surface area contributed by atoms with E-state index in [0.29, 0.717) is 38.2 Å². The number of anilines is 1. The van der Waals surface area contributed by atoms with Crippen LogP contribution in [0.5, 0.6) is 5.75 Å². The third-order valence-electron chi connectivity index (χ3n) is 4.09. The maximum atomic E-state index is 12.2. The van der Waals surface area contributed by atoms with Crippen molar-refractivity contribution in [2.45, 2.75) is 19.8 Å². The fraction of sp³-hybridized carbons (Fsp3) is 0.500. The Labute approximate surface area is 142 Å². The van der Waals surface area contributed by atoms with E-state index in [1.54, 1.807) is 17.0 Å². The summed E-state index contributed by atoms with van der Waals surface area (Å²) in [7, 11) is 0. The van der Waals surface area contributed by atoms with Gasteiger partial charge in [-0.15, -0.1) is 12.4 Å². The summed E-state index contributed by atoms with van der Waals surface area (Å²) in [6, 6.07) is 6.39. The van der Waals surface area contributed by atoms with Crippen molar-refractivity contribution >= 4 is 29.9 Å². The maximum Gasteiger partial charge on any atom is 0.227 e. The molecule has 0 spiro atoms. The molecule has 1 heterocycles. The number of carbonyl (C=O) groups is 2. The van der Waals surface area contributed by atoms with E-state index in [0.717, 1.165) is 0 Å². The Bertz CT molecular complexity index is 528. The Kier molecular flexibility index (Phi) is 7.32. The fourth-order valence-corrected chi connectivity index (χ4v) is 2.56. The number of phenols is 1. The predicted octanol–water partition coefficient (Wildman–Crippen LogP) is 1.59. The maximum absolute atomic E-state index is 12.2. The molecule has 1 aliphatic rings. The van der Waals surface area contributed by atoms with E-state index in [4.69, 9.17) is 5.73 Å². The van der Waals surface area contributed by atoms with E-state index in [-0.39, 0.29) is 41.8 Å². The average molecular weight is 342 g/mol. The summed E-state index contributed by atoms with van der Waals surface area (Å²) in [5.74, 6) is -0.0585. The molecule has 1 unspecified atom stereocenters. The molecule has 1 fully saturated rings. The lowest BCUT2D eigenvalue weighted by Crippen LogP contribution is -2.44. The number of carbonyl (C=O) groups excluding carboxylic acids is 2. The van der Waals surface area contributed by atoms with Gasteiger partial charge in [0.05, 0.1) is 0 Å². The zero-order chi connectivity index (χ0) is 16.1. The standard InChI is InChI=1S/C16H23N3O3.ClH/c1-11(10-17)16(22)19-8-6-12(7-9-19)15(21)18-13-2-4-14(20)5-3-13;/h2-5,11-12,20H,6-10,17H2,1H3,(H,18,21);1H. The highest BCUT2D eigenvalue weighted by atomic mass is 35.5. The van der Waals surface area contributed by atoms with Crippen LogP contribution in [0.25, 0.3) is 0 Å². The van der Waals surface area contributed by atoms with Gasteiger partial charge in [-0.05, 0) is 37.1 Å². The van der Waals surface area contributed by atoms with Crippen LogP contribution in [-0.2, 0) is 9.59 Å². The van der Waals surface area contributed by atoms with Gasteiger partial charge in [0.2, 0.25) is 11.8 Å². The van der Waals surface area contributed by atoms with Crippen molar-refractivity contribution in [1.82, 2.24) is 4.90 Å². The lowest BCUT2D eigenvalue weighted by atomic mass is 9.95. The quantitative estimate of drug-likeness (QED) is 0.724. The van der Waals surface area contributed by atoms with Gasteiger partial charge < -0.3 is 21.1 Å². The van der Waals surface area contributed by atoms with E-state index in [1.807, 2.05) is 6.92 Å². The largest absolute Gasteiger partial charge is 0.508 e. The first kappa shape index (κ1) is 19.3. The monoisotopic (exact) mass is 341 g/mol. The number of halogens is 1. The van der Waals surface area contributed by atoms with Gasteiger partial charge in [-0.25, -0.2) is 0 Å². The van der Waals surface area contributed by atoms with Gasteiger partial charge in [-0.3, -0.25) is 9.59 Å². The van der Waals surface area contributed by atoms with Gasteiger partial charge in [-0.2, -0.15) is 0 Å². The molecule has 1 saturated heterocycles. The molecular weight excluding hydrogens is 318 g/mol. The summed E-state index contributed by atoms with van der Waals surface area (Å²) < 4.78 is 0. The molecule has 4 N–H and O–H groups in total. The highest BCUT2D eigenvalue weighted by Gasteiger charge is 2.28. The minimum atomic E-state index is -0.164. The van der Waals surface area contributed by atoms with Gasteiger partial charge in [0, 0.05) is 37.2 Å². The molecule has 0 aromatic heterocycles. The molecule has 0 saturated carbocycles. The van der Waals surface area contributed by atoms with Crippen molar-refractivity contribution in [3.8, 4) is 5.75 Å². The number of aromatic hydroxyl groups is 1. The van der Waals surface area contributed by atoms with Crippen LogP contribution in [0.4, 0.5) is 5.69 Å². The van der Waals surface area contributed by atoms with Crippen LogP contribution in [0, 0.1) is 11.8 Å². The third kappa shape index (κ3) is 5.11. The van der Waals surface area contributed by atoms with Gasteiger partial charge in [-0.1, -0.05) is 6.92 Å². The van der Waals surface area contributed by atoms with Crippen LogP contribution in [0.15, 0.2) is 24.3 Å². The summed E-state index contributed by atoms with van der Waals surface area (Å²) in [5, 5.41) is 12.1. The fourth-order valence-electron chi connectivity index (χ4n) is 2.56. The van der Waals surface area contributed by atoms with Crippen LogP contribution >= 0.6 is 12.4 Å². The van der Waals surface area contributed by atoms with Crippen LogP contribution < -0.4 is 11.1 Å². The van der Waals surface area contributed by atoms with Crippen molar-refractivity contribution in [1.29, 1.82) is 0 Å². The topological polar surface area (TPSA) is 95.7 Å². The lowest BCUT2D eigenvalue weighted by molar-refractivity contribution is -0.137.